The van der Waals surface area contributed by atoms with Crippen molar-refractivity contribution in [3.05, 3.63) is 23.3 Å². The van der Waals surface area contributed by atoms with E-state index < -0.39 is 5.54 Å². The minimum atomic E-state index is -0.585. The van der Waals surface area contributed by atoms with Crippen molar-refractivity contribution in [3.8, 4) is 11.5 Å². The van der Waals surface area contributed by atoms with Gasteiger partial charge < -0.3 is 14.8 Å². The standard InChI is InChI=1S/C13H17NO3/c1-8-5-10-11(17-7-16-10)6-9(8)12(15)13(2,3)14-4/h5-6,14H,7H2,1-4H3. The van der Waals surface area contributed by atoms with Crippen molar-refractivity contribution >= 4 is 5.78 Å². The summed E-state index contributed by atoms with van der Waals surface area (Å²) < 4.78 is 10.6. The molecule has 1 aliphatic heterocycles. The first kappa shape index (κ1) is 11.9. The summed E-state index contributed by atoms with van der Waals surface area (Å²) in [5, 5.41) is 3.01. The molecule has 4 nitrogen and oxygen atoms in total. The van der Waals surface area contributed by atoms with Crippen molar-refractivity contribution in [2.24, 2.45) is 0 Å². The Morgan fingerprint density at radius 2 is 1.88 bits per heavy atom. The van der Waals surface area contributed by atoms with Crippen LogP contribution in [0, 0.1) is 6.92 Å². The second-order valence-electron chi connectivity index (χ2n) is 4.72. The summed E-state index contributed by atoms with van der Waals surface area (Å²) in [5.74, 6) is 1.41. The molecule has 0 aliphatic carbocycles. The molecule has 0 saturated heterocycles. The molecule has 0 unspecified atom stereocenters. The van der Waals surface area contributed by atoms with Gasteiger partial charge in [-0.3, -0.25) is 4.79 Å². The zero-order chi connectivity index (χ0) is 12.6. The lowest BCUT2D eigenvalue weighted by Crippen LogP contribution is -2.44. The summed E-state index contributed by atoms with van der Waals surface area (Å²) in [7, 11) is 1.78. The van der Waals surface area contributed by atoms with Crippen LogP contribution in [0.2, 0.25) is 0 Å². The number of nitrogens with one attached hydrogen (secondary N) is 1. The normalized spacial score (nSPS) is 13.9. The van der Waals surface area contributed by atoms with Gasteiger partial charge in [0.25, 0.3) is 0 Å². The third-order valence-corrected chi connectivity index (χ3v) is 3.16. The number of carbonyl (C=O) groups is 1. The number of benzene rings is 1. The van der Waals surface area contributed by atoms with Gasteiger partial charge in [-0.25, -0.2) is 0 Å². The van der Waals surface area contributed by atoms with Crippen molar-refractivity contribution in [1.82, 2.24) is 5.32 Å². The number of aryl methyl sites for hydroxylation is 1. The molecule has 1 aliphatic rings. The van der Waals surface area contributed by atoms with Crippen LogP contribution in [0.25, 0.3) is 0 Å². The van der Waals surface area contributed by atoms with E-state index in [0.717, 1.165) is 5.56 Å². The maximum absolute atomic E-state index is 12.4. The molecule has 92 valence electrons. The van der Waals surface area contributed by atoms with Crippen LogP contribution in [0.15, 0.2) is 12.1 Å². The van der Waals surface area contributed by atoms with E-state index in [9.17, 15) is 4.79 Å². The molecule has 0 amide bonds. The van der Waals surface area contributed by atoms with Gasteiger partial charge in [0.1, 0.15) is 0 Å². The quantitative estimate of drug-likeness (QED) is 0.813. The van der Waals surface area contributed by atoms with Crippen LogP contribution in [0.3, 0.4) is 0 Å². The molecule has 1 aromatic rings. The van der Waals surface area contributed by atoms with Crippen LogP contribution in [-0.4, -0.2) is 25.2 Å². The summed E-state index contributed by atoms with van der Waals surface area (Å²) in [6.45, 7) is 5.85. The first-order chi connectivity index (χ1) is 7.95. The van der Waals surface area contributed by atoms with Gasteiger partial charge in [0, 0.05) is 5.56 Å². The monoisotopic (exact) mass is 235 g/mol. The second-order valence-corrected chi connectivity index (χ2v) is 4.72. The lowest BCUT2D eigenvalue weighted by Gasteiger charge is -2.23. The fraction of sp³-hybridized carbons (Fsp3) is 0.462. The number of ketones is 1. The van der Waals surface area contributed by atoms with E-state index in [1.54, 1.807) is 13.1 Å². The molecule has 1 aromatic carbocycles. The van der Waals surface area contributed by atoms with Gasteiger partial charge in [-0.1, -0.05) is 0 Å². The molecular weight excluding hydrogens is 218 g/mol. The summed E-state index contributed by atoms with van der Waals surface area (Å²) in [6.07, 6.45) is 0. The predicted octanol–water partition coefficient (Wildman–Crippen LogP) is 1.90. The highest BCUT2D eigenvalue weighted by Crippen LogP contribution is 2.35. The van der Waals surface area contributed by atoms with Gasteiger partial charge in [-0.2, -0.15) is 0 Å². The van der Waals surface area contributed by atoms with E-state index in [2.05, 4.69) is 5.32 Å². The van der Waals surface area contributed by atoms with E-state index >= 15 is 0 Å². The predicted molar refractivity (Wildman–Crippen MR) is 64.8 cm³/mol. The average Bonchev–Trinajstić information content (AvgIpc) is 2.73. The molecule has 0 saturated carbocycles. The molecule has 0 spiro atoms. The molecule has 4 heteroatoms. The Hall–Kier alpha value is -1.55. The third-order valence-electron chi connectivity index (χ3n) is 3.16. The molecule has 1 N–H and O–H groups in total. The smallest absolute Gasteiger partial charge is 0.231 e. The van der Waals surface area contributed by atoms with Crippen molar-refractivity contribution < 1.29 is 14.3 Å². The van der Waals surface area contributed by atoms with E-state index in [-0.39, 0.29) is 12.6 Å². The van der Waals surface area contributed by atoms with Crippen LogP contribution >= 0.6 is 0 Å². The van der Waals surface area contributed by atoms with Crippen LogP contribution in [0.4, 0.5) is 0 Å². The second kappa shape index (κ2) is 4.04. The zero-order valence-electron chi connectivity index (χ0n) is 10.6. The summed E-state index contributed by atoms with van der Waals surface area (Å²) in [6, 6.07) is 3.61. The maximum Gasteiger partial charge on any atom is 0.231 e. The molecular formula is C13H17NO3. The Kier molecular flexibility index (Phi) is 2.83. The fourth-order valence-corrected chi connectivity index (χ4v) is 1.74. The van der Waals surface area contributed by atoms with Crippen molar-refractivity contribution in [2.45, 2.75) is 26.3 Å². The molecule has 0 fully saturated rings. The van der Waals surface area contributed by atoms with Crippen molar-refractivity contribution in [3.63, 3.8) is 0 Å². The number of Topliss-reactive ketones (excluding diaryl/α,β-unsaturated/α-hetero) is 1. The largest absolute Gasteiger partial charge is 0.454 e. The lowest BCUT2D eigenvalue weighted by atomic mass is 9.90. The van der Waals surface area contributed by atoms with Gasteiger partial charge in [-0.05, 0) is 45.5 Å². The first-order valence-electron chi connectivity index (χ1n) is 5.59. The zero-order valence-corrected chi connectivity index (χ0v) is 10.6. The summed E-state index contributed by atoms with van der Waals surface area (Å²) >= 11 is 0. The number of hydrogen-bond acceptors (Lipinski definition) is 4. The molecule has 0 bridgehead atoms. The van der Waals surface area contributed by atoms with Crippen molar-refractivity contribution in [2.75, 3.05) is 13.8 Å². The Labute approximate surface area is 101 Å². The molecule has 2 rings (SSSR count). The van der Waals surface area contributed by atoms with E-state index in [1.165, 1.54) is 0 Å². The number of ether oxygens (including phenoxy) is 2. The highest BCUT2D eigenvalue weighted by Gasteiger charge is 2.29. The molecule has 17 heavy (non-hydrogen) atoms. The molecule has 0 atom stereocenters. The Balaban J connectivity index is 2.43. The average molecular weight is 235 g/mol. The molecule has 1 heterocycles. The Morgan fingerprint density at radius 1 is 1.29 bits per heavy atom. The Morgan fingerprint density at radius 3 is 2.47 bits per heavy atom. The summed E-state index contributed by atoms with van der Waals surface area (Å²) in [5.41, 5.74) is 0.995. The number of likely N-dealkylation sites (N-methyl/N-ethyl adjacent to an activating group) is 1. The maximum atomic E-state index is 12.4. The third kappa shape index (κ3) is 2.00. The minimum absolute atomic E-state index is 0.0517. The van der Waals surface area contributed by atoms with E-state index in [4.69, 9.17) is 9.47 Å². The van der Waals surface area contributed by atoms with Crippen LogP contribution in [0.5, 0.6) is 11.5 Å². The number of fused-ring (bicyclic) bond motifs is 1. The molecule has 0 radical (unpaired) electrons. The lowest BCUT2D eigenvalue weighted by molar-refractivity contribution is 0.0888. The number of rotatable bonds is 3. The van der Waals surface area contributed by atoms with Gasteiger partial charge in [0.05, 0.1) is 5.54 Å². The van der Waals surface area contributed by atoms with Crippen LogP contribution in [0.1, 0.15) is 29.8 Å². The van der Waals surface area contributed by atoms with Gasteiger partial charge in [0.2, 0.25) is 6.79 Å². The topological polar surface area (TPSA) is 47.6 Å². The summed E-state index contributed by atoms with van der Waals surface area (Å²) in [4.78, 5) is 12.4. The Bertz CT molecular complexity index is 466. The SMILES string of the molecule is CNC(C)(C)C(=O)c1cc2c(cc1C)OCO2. The minimum Gasteiger partial charge on any atom is -0.454 e. The number of carbonyl (C=O) groups excluding carboxylic acids is 1. The van der Waals surface area contributed by atoms with Gasteiger partial charge >= 0.3 is 0 Å². The highest BCUT2D eigenvalue weighted by molar-refractivity contribution is 6.04. The fourth-order valence-electron chi connectivity index (χ4n) is 1.74. The van der Waals surface area contributed by atoms with E-state index in [0.29, 0.717) is 17.1 Å². The van der Waals surface area contributed by atoms with E-state index in [1.807, 2.05) is 26.8 Å². The van der Waals surface area contributed by atoms with Crippen molar-refractivity contribution in [1.29, 1.82) is 0 Å². The van der Waals surface area contributed by atoms with Gasteiger partial charge in [-0.15, -0.1) is 0 Å². The van der Waals surface area contributed by atoms with Crippen LogP contribution in [-0.2, 0) is 0 Å². The molecule has 0 aromatic heterocycles. The van der Waals surface area contributed by atoms with Gasteiger partial charge in [0.15, 0.2) is 17.3 Å². The first-order valence-corrected chi connectivity index (χ1v) is 5.59. The number of hydrogen-bond donors (Lipinski definition) is 1. The van der Waals surface area contributed by atoms with Crippen LogP contribution < -0.4 is 14.8 Å². The highest BCUT2D eigenvalue weighted by atomic mass is 16.7.